The number of halogens is 3. The molecule has 0 saturated heterocycles. The molecule has 3 nitrogen and oxygen atoms in total. The number of thiocarbonyl (C=S) groups is 1. The van der Waals surface area contributed by atoms with Gasteiger partial charge >= 0.3 is 0 Å². The summed E-state index contributed by atoms with van der Waals surface area (Å²) in [6.45, 7) is 0. The van der Waals surface area contributed by atoms with Gasteiger partial charge in [0, 0.05) is 22.7 Å². The van der Waals surface area contributed by atoms with Gasteiger partial charge in [-0.25, -0.2) is 8.78 Å². The normalized spacial score (nSPS) is 17.8. The van der Waals surface area contributed by atoms with Gasteiger partial charge in [-0.15, -0.1) is 0 Å². The highest BCUT2D eigenvalue weighted by Gasteiger charge is 2.37. The Morgan fingerprint density at radius 2 is 1.77 bits per heavy atom. The van der Waals surface area contributed by atoms with E-state index in [1.165, 1.54) is 24.3 Å². The van der Waals surface area contributed by atoms with E-state index in [1.807, 2.05) is 17.0 Å². The minimum absolute atomic E-state index is 0.336. The van der Waals surface area contributed by atoms with Gasteiger partial charge in [0.05, 0.1) is 5.57 Å². The Bertz CT molecular complexity index is 1200. The van der Waals surface area contributed by atoms with Crippen molar-refractivity contribution < 1.29 is 13.5 Å². The van der Waals surface area contributed by atoms with Gasteiger partial charge in [0.2, 0.25) is 5.88 Å². The molecule has 2 aliphatic rings. The monoisotopic (exact) mass is 440 g/mol. The molecule has 1 atom stereocenters. The first-order valence-electron chi connectivity index (χ1n) is 9.30. The molecule has 2 heterocycles. The van der Waals surface area contributed by atoms with Crippen LogP contribution < -0.4 is 15.0 Å². The third kappa shape index (κ3) is 3.32. The lowest BCUT2D eigenvalue weighted by molar-refractivity contribution is 0.358. The number of fused-ring (bicyclic) bond motifs is 1. The van der Waals surface area contributed by atoms with Gasteiger partial charge in [-0.3, -0.25) is 4.90 Å². The molecular formula is C23H15ClF2N2OS. The lowest BCUT2D eigenvalue weighted by Gasteiger charge is -2.42. The number of nitrogens with zero attached hydrogens (tertiary/aromatic N) is 1. The first-order valence-corrected chi connectivity index (χ1v) is 10.1. The van der Waals surface area contributed by atoms with Gasteiger partial charge < -0.3 is 10.1 Å². The molecule has 7 heteroatoms. The van der Waals surface area contributed by atoms with Crippen molar-refractivity contribution in [3.63, 3.8) is 0 Å². The molecule has 0 aliphatic carbocycles. The molecule has 0 saturated carbocycles. The fraction of sp³-hybridized carbons (Fsp3) is 0.0870. The van der Waals surface area contributed by atoms with Crippen molar-refractivity contribution in [3.05, 3.63) is 106 Å². The topological polar surface area (TPSA) is 24.5 Å². The van der Waals surface area contributed by atoms with Gasteiger partial charge in [-0.2, -0.15) is 0 Å². The number of hydrogen-bond acceptors (Lipinski definition) is 3. The smallest absolute Gasteiger partial charge is 0.208 e. The minimum atomic E-state index is -0.433. The second-order valence-corrected chi connectivity index (χ2v) is 7.94. The summed E-state index contributed by atoms with van der Waals surface area (Å²) in [4.78, 5) is 2.37. The van der Waals surface area contributed by atoms with Crippen LogP contribution in [-0.2, 0) is 6.42 Å². The lowest BCUT2D eigenvalue weighted by atomic mass is 9.98. The minimum Gasteiger partial charge on any atom is -0.440 e. The Labute approximate surface area is 182 Å². The highest BCUT2D eigenvalue weighted by atomic mass is 35.5. The maximum Gasteiger partial charge on any atom is 0.208 e. The third-order valence-electron chi connectivity index (χ3n) is 5.15. The lowest BCUT2D eigenvalue weighted by Crippen LogP contribution is -2.49. The van der Waals surface area contributed by atoms with Crippen molar-refractivity contribution in [1.29, 1.82) is 0 Å². The van der Waals surface area contributed by atoms with Crippen LogP contribution in [-0.4, -0.2) is 4.99 Å². The molecule has 0 aromatic heterocycles. The largest absolute Gasteiger partial charge is 0.440 e. The number of hydrogen-bond donors (Lipinski definition) is 1. The summed E-state index contributed by atoms with van der Waals surface area (Å²) in [6, 6.07) is 18.0. The van der Waals surface area contributed by atoms with Crippen LogP contribution in [0, 0.1) is 11.6 Å². The van der Waals surface area contributed by atoms with Crippen LogP contribution in [0.1, 0.15) is 17.3 Å². The van der Waals surface area contributed by atoms with E-state index in [0.29, 0.717) is 39.3 Å². The van der Waals surface area contributed by atoms with Crippen LogP contribution in [0.4, 0.5) is 14.5 Å². The first-order chi connectivity index (χ1) is 14.5. The van der Waals surface area contributed by atoms with Gasteiger partial charge in [-0.05, 0) is 54.1 Å². The molecule has 0 fully saturated rings. The number of benzene rings is 3. The molecule has 5 rings (SSSR count). The molecule has 30 heavy (non-hydrogen) atoms. The number of rotatable bonds is 2. The number of ether oxygens (including phenoxy) is 1. The number of anilines is 1. The summed E-state index contributed by atoms with van der Waals surface area (Å²) in [5, 5.41) is 3.94. The van der Waals surface area contributed by atoms with E-state index in [0.717, 1.165) is 11.1 Å². The van der Waals surface area contributed by atoms with E-state index < -0.39 is 6.17 Å². The predicted molar refractivity (Wildman–Crippen MR) is 117 cm³/mol. The van der Waals surface area contributed by atoms with Crippen LogP contribution in [0.15, 0.2) is 78.2 Å². The van der Waals surface area contributed by atoms with Crippen LogP contribution in [0.2, 0.25) is 5.02 Å². The van der Waals surface area contributed by atoms with Gasteiger partial charge in [0.15, 0.2) is 0 Å². The quantitative estimate of drug-likeness (QED) is 0.501. The van der Waals surface area contributed by atoms with E-state index >= 15 is 0 Å². The SMILES string of the molecule is Fc1cccc(N2C3=C(Cc4cc(F)ccc4O3)C(=S)N[C@H]2c2ccc(Cl)cc2)c1. The Hall–Kier alpha value is -2.96. The van der Waals surface area contributed by atoms with Crippen LogP contribution in [0.3, 0.4) is 0 Å². The Balaban J connectivity index is 1.67. The zero-order valence-corrected chi connectivity index (χ0v) is 17.1. The molecule has 0 spiro atoms. The molecule has 2 aliphatic heterocycles. The zero-order valence-electron chi connectivity index (χ0n) is 15.5. The van der Waals surface area contributed by atoms with E-state index in [9.17, 15) is 8.78 Å². The maximum atomic E-state index is 14.1. The molecular weight excluding hydrogens is 426 g/mol. The summed E-state index contributed by atoms with van der Waals surface area (Å²) < 4.78 is 34.0. The first kappa shape index (κ1) is 19.0. The van der Waals surface area contributed by atoms with Crippen molar-refractivity contribution in [2.75, 3.05) is 4.90 Å². The van der Waals surface area contributed by atoms with Gasteiger partial charge in [0.1, 0.15) is 28.5 Å². The third-order valence-corrected chi connectivity index (χ3v) is 5.76. The van der Waals surface area contributed by atoms with E-state index in [1.54, 1.807) is 30.3 Å². The second kappa shape index (κ2) is 7.38. The molecule has 0 unspecified atom stereocenters. The van der Waals surface area contributed by atoms with Crippen LogP contribution in [0.25, 0.3) is 0 Å². The fourth-order valence-corrected chi connectivity index (χ4v) is 4.15. The maximum absolute atomic E-state index is 14.1. The Morgan fingerprint density at radius 3 is 2.53 bits per heavy atom. The second-order valence-electron chi connectivity index (χ2n) is 7.09. The average molecular weight is 441 g/mol. The Morgan fingerprint density at radius 1 is 1.00 bits per heavy atom. The van der Waals surface area contributed by atoms with Gasteiger partial charge in [0.25, 0.3) is 0 Å². The van der Waals surface area contributed by atoms with E-state index in [2.05, 4.69) is 5.32 Å². The summed E-state index contributed by atoms with van der Waals surface area (Å²) >= 11 is 11.7. The molecule has 0 amide bonds. The zero-order chi connectivity index (χ0) is 20.8. The highest BCUT2D eigenvalue weighted by Crippen LogP contribution is 2.41. The fourth-order valence-electron chi connectivity index (χ4n) is 3.75. The van der Waals surface area contributed by atoms with E-state index in [4.69, 9.17) is 28.6 Å². The molecule has 1 N–H and O–H groups in total. The predicted octanol–water partition coefficient (Wildman–Crippen LogP) is 5.90. The van der Waals surface area contributed by atoms with Crippen molar-refractivity contribution in [2.45, 2.75) is 12.6 Å². The van der Waals surface area contributed by atoms with E-state index in [-0.39, 0.29) is 11.6 Å². The van der Waals surface area contributed by atoms with Crippen molar-refractivity contribution in [3.8, 4) is 5.75 Å². The Kier molecular flexibility index (Phi) is 4.68. The molecule has 0 bridgehead atoms. The van der Waals surface area contributed by atoms with Crippen molar-refractivity contribution >= 4 is 34.5 Å². The van der Waals surface area contributed by atoms with Crippen LogP contribution in [0.5, 0.6) is 5.75 Å². The summed E-state index contributed by atoms with van der Waals surface area (Å²) in [6.07, 6.45) is -0.0229. The van der Waals surface area contributed by atoms with Crippen LogP contribution >= 0.6 is 23.8 Å². The molecule has 0 radical (unpaired) electrons. The molecule has 3 aromatic rings. The van der Waals surface area contributed by atoms with Crippen molar-refractivity contribution in [1.82, 2.24) is 5.32 Å². The standard InChI is InChI=1S/C23H15ClF2N2OS/c24-15-6-4-13(5-7-15)21-27-22(30)19-11-14-10-17(26)8-9-20(14)29-23(19)28(21)18-3-1-2-16(25)12-18/h1-10,12,21H,11H2,(H,27,30)/t21-/m1/s1. The van der Waals surface area contributed by atoms with Gasteiger partial charge in [-0.1, -0.05) is 42.0 Å². The summed E-state index contributed by atoms with van der Waals surface area (Å²) in [5.41, 5.74) is 2.91. The average Bonchev–Trinajstić information content (AvgIpc) is 2.73. The highest BCUT2D eigenvalue weighted by molar-refractivity contribution is 7.80. The molecule has 150 valence electrons. The molecule has 3 aromatic carbocycles. The van der Waals surface area contributed by atoms with Crippen molar-refractivity contribution in [2.24, 2.45) is 0 Å². The number of nitrogens with one attached hydrogen (secondary N) is 1. The summed E-state index contributed by atoms with van der Waals surface area (Å²) in [7, 11) is 0. The summed E-state index contributed by atoms with van der Waals surface area (Å²) in [5.74, 6) is 0.354.